The number of sulfone groups is 1. The molecule has 0 radical (unpaired) electrons. The van der Waals surface area contributed by atoms with Gasteiger partial charge in [0, 0.05) is 23.8 Å². The van der Waals surface area contributed by atoms with Gasteiger partial charge in [0.1, 0.15) is 40.2 Å². The molecule has 1 aliphatic rings. The highest BCUT2D eigenvalue weighted by Gasteiger charge is 2.38. The van der Waals surface area contributed by atoms with Gasteiger partial charge >= 0.3 is 0 Å². The van der Waals surface area contributed by atoms with Gasteiger partial charge in [-0.05, 0) is 48.0 Å². The van der Waals surface area contributed by atoms with E-state index in [2.05, 4.69) is 20.3 Å². The van der Waals surface area contributed by atoms with Gasteiger partial charge in [-0.2, -0.15) is 0 Å². The van der Waals surface area contributed by atoms with Crippen LogP contribution in [0.25, 0.3) is 10.9 Å². The average molecular weight is 585 g/mol. The van der Waals surface area contributed by atoms with Crippen LogP contribution in [0.1, 0.15) is 17.7 Å². The second-order valence-electron chi connectivity index (χ2n) is 9.37. The van der Waals surface area contributed by atoms with Gasteiger partial charge in [-0.3, -0.25) is 4.98 Å². The van der Waals surface area contributed by atoms with E-state index < -0.39 is 15.4 Å². The second kappa shape index (κ2) is 11.7. The van der Waals surface area contributed by atoms with Crippen LogP contribution in [0.15, 0.2) is 73.4 Å². The van der Waals surface area contributed by atoms with E-state index in [0.717, 1.165) is 0 Å². The highest BCUT2D eigenvalue weighted by molar-refractivity contribution is 7.90. The summed E-state index contributed by atoms with van der Waals surface area (Å²) in [6.45, 7) is 0.348. The SMILES string of the molecule is CS(=O)(=O)CCOCC1(c2cc3c(Nc4ccc(OCc5cccc(F)c5)c(Cl)c4)ncnc3cn2)CC=CO1. The molecule has 3 heterocycles. The van der Waals surface area contributed by atoms with E-state index in [1.165, 1.54) is 24.7 Å². The zero-order chi connectivity index (χ0) is 28.2. The smallest absolute Gasteiger partial charge is 0.176 e. The fraction of sp³-hybridized carbons (Fsp3) is 0.250. The summed E-state index contributed by atoms with van der Waals surface area (Å²) >= 11 is 6.47. The molecule has 1 atom stereocenters. The minimum absolute atomic E-state index is 0.0517. The molecule has 0 saturated carbocycles. The Balaban J connectivity index is 1.34. The van der Waals surface area contributed by atoms with Crippen molar-refractivity contribution in [2.75, 3.05) is 30.5 Å². The van der Waals surface area contributed by atoms with E-state index in [-0.39, 0.29) is 31.4 Å². The normalized spacial score (nSPS) is 16.7. The van der Waals surface area contributed by atoms with Gasteiger partial charge in [-0.25, -0.2) is 22.8 Å². The molecule has 5 rings (SSSR count). The predicted octanol–water partition coefficient (Wildman–Crippen LogP) is 5.33. The lowest BCUT2D eigenvalue weighted by atomic mass is 9.96. The fourth-order valence-electron chi connectivity index (χ4n) is 4.17. The average Bonchev–Trinajstić information content (AvgIpc) is 3.40. The van der Waals surface area contributed by atoms with Crippen molar-refractivity contribution in [2.45, 2.75) is 18.6 Å². The molecule has 12 heteroatoms. The van der Waals surface area contributed by atoms with Crippen molar-refractivity contribution in [1.29, 1.82) is 0 Å². The predicted molar refractivity (Wildman–Crippen MR) is 150 cm³/mol. The van der Waals surface area contributed by atoms with Crippen LogP contribution in [-0.4, -0.2) is 48.6 Å². The maximum Gasteiger partial charge on any atom is 0.176 e. The van der Waals surface area contributed by atoms with Crippen molar-refractivity contribution in [3.05, 3.63) is 95.5 Å². The Morgan fingerprint density at radius 3 is 2.77 bits per heavy atom. The lowest BCUT2D eigenvalue weighted by Gasteiger charge is -2.28. The number of pyridine rings is 1. The van der Waals surface area contributed by atoms with Crippen molar-refractivity contribution in [3.63, 3.8) is 0 Å². The monoisotopic (exact) mass is 584 g/mol. The van der Waals surface area contributed by atoms with Crippen molar-refractivity contribution in [1.82, 2.24) is 15.0 Å². The third kappa shape index (κ3) is 6.67. The first-order valence-electron chi connectivity index (χ1n) is 12.3. The summed E-state index contributed by atoms with van der Waals surface area (Å²) in [5.41, 5.74) is 1.67. The number of ether oxygens (including phenoxy) is 3. The zero-order valence-corrected chi connectivity index (χ0v) is 23.1. The molecule has 4 aromatic rings. The van der Waals surface area contributed by atoms with Gasteiger partial charge in [-0.15, -0.1) is 0 Å². The number of fused-ring (bicyclic) bond motifs is 1. The van der Waals surface area contributed by atoms with Crippen LogP contribution in [0.5, 0.6) is 5.75 Å². The number of halogens is 2. The van der Waals surface area contributed by atoms with E-state index in [1.807, 2.05) is 12.1 Å². The van der Waals surface area contributed by atoms with Crippen LogP contribution in [-0.2, 0) is 31.5 Å². The molecule has 0 bridgehead atoms. The Bertz CT molecular complexity index is 1660. The van der Waals surface area contributed by atoms with Crippen molar-refractivity contribution in [3.8, 4) is 5.75 Å². The number of hydrogen-bond acceptors (Lipinski definition) is 9. The van der Waals surface area contributed by atoms with E-state index in [1.54, 1.807) is 42.8 Å². The van der Waals surface area contributed by atoms with Crippen molar-refractivity contribution >= 4 is 43.8 Å². The number of nitrogens with zero attached hydrogens (tertiary/aromatic N) is 3. The highest BCUT2D eigenvalue weighted by Crippen LogP contribution is 2.36. The molecule has 1 N–H and O–H groups in total. The largest absolute Gasteiger partial charge is 0.487 e. The zero-order valence-electron chi connectivity index (χ0n) is 21.5. The standard InChI is InChI=1S/C28H26ClFN4O5S/c1-40(35,36)11-10-37-17-28(8-3-9-39-28)26-14-22-24(15-31-26)32-18-33-27(22)34-21-6-7-25(23(29)13-21)38-16-19-4-2-5-20(30)12-19/h2-7,9,12-15,18H,8,10-11,16-17H2,1H3,(H,32,33,34). The molecule has 1 aliphatic heterocycles. The molecule has 0 saturated heterocycles. The van der Waals surface area contributed by atoms with Gasteiger partial charge in [0.15, 0.2) is 5.60 Å². The number of nitrogens with one attached hydrogen (secondary N) is 1. The van der Waals surface area contributed by atoms with Crippen molar-refractivity contribution in [2.24, 2.45) is 0 Å². The summed E-state index contributed by atoms with van der Waals surface area (Å²) in [7, 11) is -3.14. The first kappa shape index (κ1) is 27.8. The van der Waals surface area contributed by atoms with Crippen LogP contribution in [0.4, 0.5) is 15.9 Å². The lowest BCUT2D eigenvalue weighted by molar-refractivity contribution is -0.0446. The highest BCUT2D eigenvalue weighted by atomic mass is 35.5. The van der Waals surface area contributed by atoms with E-state index >= 15 is 0 Å². The Hall–Kier alpha value is -3.80. The van der Waals surface area contributed by atoms with E-state index in [4.69, 9.17) is 25.8 Å². The number of anilines is 2. The van der Waals surface area contributed by atoms with E-state index in [9.17, 15) is 12.8 Å². The molecule has 40 heavy (non-hydrogen) atoms. The molecule has 0 fully saturated rings. The summed E-state index contributed by atoms with van der Waals surface area (Å²) in [4.78, 5) is 13.3. The van der Waals surface area contributed by atoms with Crippen LogP contribution in [0.2, 0.25) is 5.02 Å². The van der Waals surface area contributed by atoms with Crippen LogP contribution in [0, 0.1) is 5.82 Å². The molecular formula is C28H26ClFN4O5S. The topological polar surface area (TPSA) is 113 Å². The molecule has 2 aromatic carbocycles. The fourth-order valence-corrected chi connectivity index (χ4v) is 4.83. The molecule has 0 aliphatic carbocycles. The molecule has 1 unspecified atom stereocenters. The molecule has 0 spiro atoms. The minimum Gasteiger partial charge on any atom is -0.487 e. The maximum absolute atomic E-state index is 13.4. The minimum atomic E-state index is -3.14. The quantitative estimate of drug-likeness (QED) is 0.234. The number of benzene rings is 2. The summed E-state index contributed by atoms with van der Waals surface area (Å²) in [5.74, 6) is 0.570. The summed E-state index contributed by atoms with van der Waals surface area (Å²) in [5, 5.41) is 4.34. The number of aromatic nitrogens is 3. The molecule has 9 nitrogen and oxygen atoms in total. The summed E-state index contributed by atoms with van der Waals surface area (Å²) < 4.78 is 53.8. The Labute approximate surface area is 235 Å². The number of hydrogen-bond donors (Lipinski definition) is 1. The van der Waals surface area contributed by atoms with Crippen molar-refractivity contribution < 1.29 is 27.0 Å². The molecular weight excluding hydrogens is 559 g/mol. The third-order valence-corrected chi connectivity index (χ3v) is 7.44. The van der Waals surface area contributed by atoms with Gasteiger partial charge in [0.25, 0.3) is 0 Å². The second-order valence-corrected chi connectivity index (χ2v) is 12.0. The van der Waals surface area contributed by atoms with Gasteiger partial charge in [0.05, 0.1) is 47.7 Å². The Morgan fingerprint density at radius 1 is 1.15 bits per heavy atom. The Morgan fingerprint density at radius 2 is 2.02 bits per heavy atom. The number of rotatable bonds is 11. The van der Waals surface area contributed by atoms with Crippen LogP contribution < -0.4 is 10.1 Å². The third-order valence-electron chi connectivity index (χ3n) is 6.24. The van der Waals surface area contributed by atoms with E-state index in [0.29, 0.717) is 50.9 Å². The Kier molecular flexibility index (Phi) is 8.15. The van der Waals surface area contributed by atoms with Gasteiger partial charge in [0.2, 0.25) is 0 Å². The van der Waals surface area contributed by atoms with Crippen LogP contribution in [0.3, 0.4) is 0 Å². The van der Waals surface area contributed by atoms with Gasteiger partial charge < -0.3 is 19.5 Å². The lowest BCUT2D eigenvalue weighted by Crippen LogP contribution is -2.33. The first-order chi connectivity index (χ1) is 19.2. The summed E-state index contributed by atoms with van der Waals surface area (Å²) in [6.07, 6.45) is 8.20. The molecule has 0 amide bonds. The molecule has 208 valence electrons. The molecule has 2 aromatic heterocycles. The van der Waals surface area contributed by atoms with Gasteiger partial charge in [-0.1, -0.05) is 23.7 Å². The maximum atomic E-state index is 13.4. The first-order valence-corrected chi connectivity index (χ1v) is 14.8. The van der Waals surface area contributed by atoms with Crippen LogP contribution >= 0.6 is 11.6 Å². The summed E-state index contributed by atoms with van der Waals surface area (Å²) in [6, 6.07) is 13.2.